The van der Waals surface area contributed by atoms with Crippen molar-refractivity contribution < 1.29 is 4.74 Å². The van der Waals surface area contributed by atoms with Gasteiger partial charge in [0.05, 0.1) is 6.61 Å². The minimum Gasteiger partial charge on any atom is -0.476 e. The number of hydrogen-bond donors (Lipinski definition) is 3. The second-order valence-electron chi connectivity index (χ2n) is 3.38. The second kappa shape index (κ2) is 5.99. The van der Waals surface area contributed by atoms with Crippen molar-refractivity contribution >= 4 is 17.5 Å². The van der Waals surface area contributed by atoms with E-state index in [4.69, 9.17) is 16.2 Å². The Kier molecular flexibility index (Phi) is 4.63. The minimum absolute atomic E-state index is 0.164. The van der Waals surface area contributed by atoms with Gasteiger partial charge in [-0.1, -0.05) is 13.3 Å². The van der Waals surface area contributed by atoms with Crippen LogP contribution in [0.25, 0.3) is 0 Å². The molecule has 0 spiro atoms. The van der Waals surface area contributed by atoms with Gasteiger partial charge < -0.3 is 21.5 Å². The summed E-state index contributed by atoms with van der Waals surface area (Å²) < 4.78 is 5.45. The van der Waals surface area contributed by atoms with Crippen LogP contribution < -0.4 is 21.5 Å². The van der Waals surface area contributed by atoms with Crippen molar-refractivity contribution in [2.75, 3.05) is 29.9 Å². The van der Waals surface area contributed by atoms with E-state index in [9.17, 15) is 0 Å². The number of nitrogen functional groups attached to an aromatic ring is 2. The number of unbranched alkanes of at least 4 members (excludes halogenated alkanes) is 1. The average molecular weight is 225 g/mol. The van der Waals surface area contributed by atoms with Gasteiger partial charge in [0.2, 0.25) is 11.8 Å². The van der Waals surface area contributed by atoms with Crippen molar-refractivity contribution in [1.82, 2.24) is 9.97 Å². The van der Waals surface area contributed by atoms with E-state index in [-0.39, 0.29) is 5.95 Å². The van der Waals surface area contributed by atoms with Gasteiger partial charge in [-0.3, -0.25) is 0 Å². The van der Waals surface area contributed by atoms with Crippen LogP contribution in [0.15, 0.2) is 0 Å². The second-order valence-corrected chi connectivity index (χ2v) is 3.38. The average Bonchev–Trinajstić information content (AvgIpc) is 2.25. The van der Waals surface area contributed by atoms with Gasteiger partial charge >= 0.3 is 0 Å². The molecule has 0 aliphatic rings. The minimum atomic E-state index is 0.164. The van der Waals surface area contributed by atoms with Gasteiger partial charge in [-0.25, -0.2) is 0 Å². The SMILES string of the molecule is CCCCOc1nc(N)nc(NCC)c1N. The van der Waals surface area contributed by atoms with Gasteiger partial charge in [0.1, 0.15) is 5.69 Å². The van der Waals surface area contributed by atoms with Crippen LogP contribution in [0.3, 0.4) is 0 Å². The molecule has 0 unspecified atom stereocenters. The smallest absolute Gasteiger partial charge is 0.244 e. The molecule has 0 amide bonds. The molecule has 0 bridgehead atoms. The molecule has 1 heterocycles. The third-order valence-electron chi connectivity index (χ3n) is 2.01. The Hall–Kier alpha value is -1.72. The fourth-order valence-electron chi connectivity index (χ4n) is 1.19. The molecule has 0 fully saturated rings. The first-order chi connectivity index (χ1) is 7.69. The summed E-state index contributed by atoms with van der Waals surface area (Å²) in [5.41, 5.74) is 11.8. The predicted molar refractivity (Wildman–Crippen MR) is 65.4 cm³/mol. The molecule has 0 aliphatic heterocycles. The van der Waals surface area contributed by atoms with E-state index in [1.54, 1.807) is 0 Å². The maximum atomic E-state index is 5.85. The molecular weight excluding hydrogens is 206 g/mol. The highest BCUT2D eigenvalue weighted by atomic mass is 16.5. The van der Waals surface area contributed by atoms with E-state index in [1.165, 1.54) is 0 Å². The van der Waals surface area contributed by atoms with E-state index in [0.717, 1.165) is 19.4 Å². The molecule has 1 aromatic rings. The van der Waals surface area contributed by atoms with Gasteiger partial charge in [0, 0.05) is 6.54 Å². The Bertz CT molecular complexity index is 342. The Morgan fingerprint density at radius 3 is 2.62 bits per heavy atom. The van der Waals surface area contributed by atoms with Crippen LogP contribution in [-0.2, 0) is 0 Å². The zero-order chi connectivity index (χ0) is 12.0. The van der Waals surface area contributed by atoms with Crippen molar-refractivity contribution in [2.24, 2.45) is 0 Å². The first-order valence-corrected chi connectivity index (χ1v) is 5.48. The number of rotatable bonds is 6. The molecule has 0 aliphatic carbocycles. The molecule has 0 aromatic carbocycles. The van der Waals surface area contributed by atoms with E-state index >= 15 is 0 Å². The molecule has 1 rings (SSSR count). The molecular formula is C10H19N5O. The molecule has 5 N–H and O–H groups in total. The van der Waals surface area contributed by atoms with Gasteiger partial charge in [0.15, 0.2) is 5.82 Å². The topological polar surface area (TPSA) is 99.1 Å². The quantitative estimate of drug-likeness (QED) is 0.630. The number of nitrogens with two attached hydrogens (primary N) is 2. The summed E-state index contributed by atoms with van der Waals surface area (Å²) in [4.78, 5) is 7.97. The molecule has 1 aromatic heterocycles. The molecule has 0 saturated heterocycles. The van der Waals surface area contributed by atoms with Crippen molar-refractivity contribution in [2.45, 2.75) is 26.7 Å². The van der Waals surface area contributed by atoms with Crippen LogP contribution in [0.2, 0.25) is 0 Å². The number of hydrogen-bond acceptors (Lipinski definition) is 6. The fourth-order valence-corrected chi connectivity index (χ4v) is 1.19. The first-order valence-electron chi connectivity index (χ1n) is 5.48. The number of aromatic nitrogens is 2. The predicted octanol–water partition coefficient (Wildman–Crippen LogP) is 1.25. The monoisotopic (exact) mass is 225 g/mol. The van der Waals surface area contributed by atoms with Crippen LogP contribution in [-0.4, -0.2) is 23.1 Å². The van der Waals surface area contributed by atoms with E-state index in [1.807, 2.05) is 6.92 Å². The molecule has 0 saturated carbocycles. The molecule has 6 nitrogen and oxygen atoms in total. The van der Waals surface area contributed by atoms with Crippen molar-refractivity contribution in [3.05, 3.63) is 0 Å². The Balaban J connectivity index is 2.81. The van der Waals surface area contributed by atoms with Gasteiger partial charge in [-0.05, 0) is 13.3 Å². The number of anilines is 3. The summed E-state index contributed by atoms with van der Waals surface area (Å²) in [6, 6.07) is 0. The zero-order valence-corrected chi connectivity index (χ0v) is 9.79. The highest BCUT2D eigenvalue weighted by Crippen LogP contribution is 2.26. The summed E-state index contributed by atoms with van der Waals surface area (Å²) >= 11 is 0. The third-order valence-corrected chi connectivity index (χ3v) is 2.01. The van der Waals surface area contributed by atoms with E-state index < -0.39 is 0 Å². The summed E-state index contributed by atoms with van der Waals surface area (Å²) in [7, 11) is 0. The van der Waals surface area contributed by atoms with Crippen LogP contribution in [0.1, 0.15) is 26.7 Å². The van der Waals surface area contributed by atoms with Gasteiger partial charge in [-0.2, -0.15) is 9.97 Å². The van der Waals surface area contributed by atoms with Crippen molar-refractivity contribution in [3.63, 3.8) is 0 Å². The van der Waals surface area contributed by atoms with Gasteiger partial charge in [0.25, 0.3) is 0 Å². The van der Waals surface area contributed by atoms with Crippen molar-refractivity contribution in [1.29, 1.82) is 0 Å². The number of nitrogens with one attached hydrogen (secondary N) is 1. The van der Waals surface area contributed by atoms with Crippen LogP contribution in [0, 0.1) is 0 Å². The largest absolute Gasteiger partial charge is 0.476 e. The first kappa shape index (κ1) is 12.4. The lowest BCUT2D eigenvalue weighted by Crippen LogP contribution is -2.10. The van der Waals surface area contributed by atoms with Gasteiger partial charge in [-0.15, -0.1) is 0 Å². The molecule has 0 atom stereocenters. The third kappa shape index (κ3) is 3.15. The summed E-state index contributed by atoms with van der Waals surface area (Å²) in [6.07, 6.45) is 2.01. The standard InChI is InChI=1S/C10H19N5O/c1-3-5-6-16-9-7(11)8(13-4-2)14-10(12)15-9/h3-6,11H2,1-2H3,(H3,12,13,14,15). The zero-order valence-electron chi connectivity index (χ0n) is 9.79. The number of ether oxygens (including phenoxy) is 1. The molecule has 90 valence electrons. The molecule has 0 radical (unpaired) electrons. The Morgan fingerprint density at radius 2 is 2.00 bits per heavy atom. The van der Waals surface area contributed by atoms with Crippen LogP contribution in [0.4, 0.5) is 17.5 Å². The van der Waals surface area contributed by atoms with Crippen molar-refractivity contribution in [3.8, 4) is 5.88 Å². The Morgan fingerprint density at radius 1 is 1.25 bits per heavy atom. The summed E-state index contributed by atoms with van der Waals surface area (Å²) in [6.45, 7) is 5.35. The highest BCUT2D eigenvalue weighted by molar-refractivity contribution is 5.68. The molecule has 16 heavy (non-hydrogen) atoms. The highest BCUT2D eigenvalue weighted by Gasteiger charge is 2.10. The molecule has 6 heteroatoms. The lowest BCUT2D eigenvalue weighted by Gasteiger charge is -2.11. The lowest BCUT2D eigenvalue weighted by atomic mass is 10.4. The van der Waals surface area contributed by atoms with E-state index in [2.05, 4.69) is 22.2 Å². The lowest BCUT2D eigenvalue weighted by molar-refractivity contribution is 0.300. The number of nitrogens with zero attached hydrogens (tertiary/aromatic N) is 2. The Labute approximate surface area is 95.4 Å². The maximum absolute atomic E-state index is 5.85. The fraction of sp³-hybridized carbons (Fsp3) is 0.600. The van der Waals surface area contributed by atoms with Crippen LogP contribution >= 0.6 is 0 Å². The van der Waals surface area contributed by atoms with Crippen LogP contribution in [0.5, 0.6) is 5.88 Å². The summed E-state index contributed by atoms with van der Waals surface area (Å²) in [5, 5.41) is 3.01. The summed E-state index contributed by atoms with van der Waals surface area (Å²) in [5.74, 6) is 1.05. The van der Waals surface area contributed by atoms with E-state index in [0.29, 0.717) is 24.0 Å². The maximum Gasteiger partial charge on any atom is 0.244 e. The normalized spacial score (nSPS) is 10.1.